The molecule has 6 nitrogen and oxygen atoms in total. The summed E-state index contributed by atoms with van der Waals surface area (Å²) >= 11 is 0. The first kappa shape index (κ1) is 28.6. The third-order valence-electron chi connectivity index (χ3n) is 7.10. The molecule has 0 saturated heterocycles. The van der Waals surface area contributed by atoms with Crippen LogP contribution >= 0.6 is 0 Å². The molecular formula is C33H30F3N5O. The highest BCUT2D eigenvalue weighted by atomic mass is 19.1. The van der Waals surface area contributed by atoms with Crippen LogP contribution in [0.1, 0.15) is 48.6 Å². The first-order chi connectivity index (χ1) is 20.0. The first-order valence-corrected chi connectivity index (χ1v) is 13.4. The average Bonchev–Trinajstić information content (AvgIpc) is 2.93. The van der Waals surface area contributed by atoms with Gasteiger partial charge in [-0.05, 0) is 91.4 Å². The van der Waals surface area contributed by atoms with E-state index in [0.29, 0.717) is 28.7 Å². The molecule has 0 saturated carbocycles. The van der Waals surface area contributed by atoms with E-state index >= 15 is 0 Å². The second-order valence-electron chi connectivity index (χ2n) is 10.4. The molecule has 5 rings (SSSR count). The van der Waals surface area contributed by atoms with Crippen LogP contribution in [0.3, 0.4) is 0 Å². The summed E-state index contributed by atoms with van der Waals surface area (Å²) in [7, 11) is 0. The molecule has 0 fully saturated rings. The number of benzene rings is 3. The Kier molecular flexibility index (Phi) is 7.85. The number of nitrogens with one attached hydrogen (secondary N) is 2. The lowest BCUT2D eigenvalue weighted by Gasteiger charge is -2.30. The zero-order chi connectivity index (χ0) is 30.1. The predicted molar refractivity (Wildman–Crippen MR) is 160 cm³/mol. The van der Waals surface area contributed by atoms with Gasteiger partial charge in [0.05, 0.1) is 17.4 Å². The molecule has 9 heteroatoms. The summed E-state index contributed by atoms with van der Waals surface area (Å²) in [6.07, 6.45) is 1.42. The minimum atomic E-state index is -0.610. The number of nitrogens with two attached hydrogens (primary N) is 1. The van der Waals surface area contributed by atoms with E-state index in [1.54, 1.807) is 38.1 Å². The van der Waals surface area contributed by atoms with Gasteiger partial charge in [0, 0.05) is 17.2 Å². The lowest BCUT2D eigenvalue weighted by Crippen LogP contribution is -2.26. The highest BCUT2D eigenvalue weighted by molar-refractivity contribution is 6.16. The van der Waals surface area contributed by atoms with Crippen molar-refractivity contribution in [3.05, 3.63) is 124 Å². The highest BCUT2D eigenvalue weighted by Gasteiger charge is 2.29. The molecule has 0 spiro atoms. The van der Waals surface area contributed by atoms with Crippen LogP contribution < -0.4 is 15.8 Å². The predicted octanol–water partition coefficient (Wildman–Crippen LogP) is 7.20. The van der Waals surface area contributed by atoms with Crippen molar-refractivity contribution in [2.24, 2.45) is 0 Å². The van der Waals surface area contributed by atoms with Crippen molar-refractivity contribution in [1.82, 2.24) is 9.97 Å². The highest BCUT2D eigenvalue weighted by Crippen LogP contribution is 2.43. The van der Waals surface area contributed by atoms with E-state index in [1.165, 1.54) is 36.7 Å². The van der Waals surface area contributed by atoms with Gasteiger partial charge < -0.3 is 15.8 Å². The number of anilines is 2. The maximum absolute atomic E-state index is 15.0. The molecule has 42 heavy (non-hydrogen) atoms. The number of hydrogen-bond acceptors (Lipinski definition) is 6. The summed E-state index contributed by atoms with van der Waals surface area (Å²) in [6, 6.07) is 14.8. The maximum atomic E-state index is 15.0. The minimum absolute atomic E-state index is 0.0346. The molecule has 4 aromatic rings. The van der Waals surface area contributed by atoms with E-state index in [4.69, 9.17) is 15.9 Å². The maximum Gasteiger partial charge on any atom is 0.165 e. The third kappa shape index (κ3) is 5.50. The number of aromatic nitrogens is 2. The van der Waals surface area contributed by atoms with E-state index < -0.39 is 23.5 Å². The van der Waals surface area contributed by atoms with Crippen molar-refractivity contribution in [1.29, 1.82) is 5.41 Å². The van der Waals surface area contributed by atoms with E-state index in [1.807, 2.05) is 13.0 Å². The molecule has 0 aliphatic heterocycles. The third-order valence-corrected chi connectivity index (χ3v) is 7.10. The van der Waals surface area contributed by atoms with Crippen LogP contribution in [0.2, 0.25) is 0 Å². The summed E-state index contributed by atoms with van der Waals surface area (Å²) in [4.78, 5) is 8.43. The number of ether oxygens (including phenoxy) is 1. The zero-order valence-electron chi connectivity index (χ0n) is 23.4. The van der Waals surface area contributed by atoms with Gasteiger partial charge in [0.15, 0.2) is 11.6 Å². The topological polar surface area (TPSA) is 96.9 Å². The van der Waals surface area contributed by atoms with Crippen molar-refractivity contribution in [2.75, 3.05) is 11.1 Å². The molecule has 1 unspecified atom stereocenters. The van der Waals surface area contributed by atoms with Crippen molar-refractivity contribution in [3.63, 3.8) is 0 Å². The van der Waals surface area contributed by atoms with Crippen molar-refractivity contribution >= 4 is 28.5 Å². The number of rotatable bonds is 8. The van der Waals surface area contributed by atoms with Gasteiger partial charge in [-0.1, -0.05) is 30.8 Å². The summed E-state index contributed by atoms with van der Waals surface area (Å²) < 4.78 is 49.6. The molecule has 1 aliphatic carbocycles. The quantitative estimate of drug-likeness (QED) is 0.195. The molecule has 1 aromatic heterocycles. The lowest BCUT2D eigenvalue weighted by molar-refractivity contribution is 0.231. The van der Waals surface area contributed by atoms with Crippen LogP contribution in [0.4, 0.5) is 24.8 Å². The molecule has 1 atom stereocenters. The van der Waals surface area contributed by atoms with Gasteiger partial charge in [0.25, 0.3) is 0 Å². The Balaban J connectivity index is 1.55. The monoisotopic (exact) mass is 569 g/mol. The van der Waals surface area contributed by atoms with Crippen molar-refractivity contribution in [3.8, 4) is 5.75 Å². The van der Waals surface area contributed by atoms with Crippen LogP contribution in [-0.4, -0.2) is 27.8 Å². The Morgan fingerprint density at radius 1 is 1.00 bits per heavy atom. The lowest BCUT2D eigenvalue weighted by atomic mass is 9.77. The molecule has 214 valence electrons. The fourth-order valence-corrected chi connectivity index (χ4v) is 5.24. The molecule has 1 aliphatic rings. The summed E-state index contributed by atoms with van der Waals surface area (Å²) in [5.41, 5.74) is 10.2. The molecule has 0 amide bonds. The Morgan fingerprint density at radius 3 is 2.48 bits per heavy atom. The van der Waals surface area contributed by atoms with Gasteiger partial charge in [-0.3, -0.25) is 5.41 Å². The summed E-state index contributed by atoms with van der Waals surface area (Å²) in [5.74, 6) is -1.07. The molecule has 3 aromatic carbocycles. The number of halogens is 3. The smallest absolute Gasteiger partial charge is 0.165 e. The first-order valence-electron chi connectivity index (χ1n) is 13.4. The average molecular weight is 570 g/mol. The largest absolute Gasteiger partial charge is 0.488 e. The summed E-state index contributed by atoms with van der Waals surface area (Å²) in [6.45, 7) is 9.68. The van der Waals surface area contributed by atoms with Crippen LogP contribution in [0.5, 0.6) is 5.75 Å². The van der Waals surface area contributed by atoms with Gasteiger partial charge in [0.2, 0.25) is 0 Å². The van der Waals surface area contributed by atoms with Gasteiger partial charge in [-0.15, -0.1) is 0 Å². The number of nitrogens with zero attached hydrogens (tertiary/aromatic N) is 2. The number of allylic oxidation sites excluding steroid dienone is 2. The van der Waals surface area contributed by atoms with Crippen LogP contribution in [0.15, 0.2) is 79.1 Å². The fourth-order valence-electron chi connectivity index (χ4n) is 5.24. The number of nitrogen functional groups attached to an aromatic ring is 1. The van der Waals surface area contributed by atoms with Crippen LogP contribution in [0.25, 0.3) is 11.1 Å². The Bertz CT molecular complexity index is 1750. The Morgan fingerprint density at radius 2 is 1.76 bits per heavy atom. The Labute approximate surface area is 242 Å². The number of hydrogen-bond donors (Lipinski definition) is 3. The van der Waals surface area contributed by atoms with Crippen molar-refractivity contribution < 1.29 is 17.9 Å². The van der Waals surface area contributed by atoms with Gasteiger partial charge in [-0.2, -0.15) is 0 Å². The second kappa shape index (κ2) is 11.5. The molecule has 0 radical (unpaired) electrons. The Hall–Kier alpha value is -4.92. The SMILES string of the molecule is C=C1C(c2cccc(F)c2)=C(C(C)Nc2ncnc(N)c2C(=N)c2ccc(OC(C)C)c(F)c2)Cc2cccc(F)c21. The number of fused-ring (bicyclic) bond motifs is 1. The molecular weight excluding hydrogens is 539 g/mol. The van der Waals surface area contributed by atoms with Gasteiger partial charge in [-0.25, -0.2) is 23.1 Å². The normalized spacial score (nSPS) is 13.6. The summed E-state index contributed by atoms with van der Waals surface area (Å²) in [5, 5.41) is 12.2. The van der Waals surface area contributed by atoms with E-state index in [-0.39, 0.29) is 40.3 Å². The van der Waals surface area contributed by atoms with E-state index in [9.17, 15) is 13.2 Å². The van der Waals surface area contributed by atoms with Crippen LogP contribution in [-0.2, 0) is 6.42 Å². The standard InChI is InChI=1S/C33H30F3N5O/c1-17(2)42-27-12-11-22(15-26(27)36)31(37)30-32(38)39-16-40-33(30)41-19(4)24-14-21-8-6-10-25(35)29(21)18(3)28(24)20-7-5-9-23(34)13-20/h5-13,15-17,19,37H,3,14H2,1-2,4H3,(H3,38,39,40,41). The van der Waals surface area contributed by atoms with E-state index in [2.05, 4.69) is 21.9 Å². The molecule has 4 N–H and O–H groups in total. The van der Waals surface area contributed by atoms with Crippen LogP contribution in [0, 0.1) is 22.9 Å². The zero-order valence-corrected chi connectivity index (χ0v) is 23.4. The minimum Gasteiger partial charge on any atom is -0.488 e. The van der Waals surface area contributed by atoms with E-state index in [0.717, 1.165) is 11.1 Å². The van der Waals surface area contributed by atoms with Gasteiger partial charge in [0.1, 0.15) is 29.6 Å². The molecule has 0 bridgehead atoms. The van der Waals surface area contributed by atoms with Crippen molar-refractivity contribution in [2.45, 2.75) is 39.3 Å². The molecule has 1 heterocycles. The van der Waals surface area contributed by atoms with Gasteiger partial charge >= 0.3 is 0 Å². The fraction of sp³-hybridized carbons (Fsp3) is 0.182. The second-order valence-corrected chi connectivity index (χ2v) is 10.4.